The Morgan fingerprint density at radius 1 is 0.298 bits per heavy atom. The van der Waals surface area contributed by atoms with Crippen molar-refractivity contribution in [2.24, 2.45) is 0 Å². The molecule has 0 aliphatic carbocycles. The van der Waals surface area contributed by atoms with E-state index in [1.807, 2.05) is 0 Å². The second-order valence-electron chi connectivity index (χ2n) is 14.9. The fourth-order valence-corrected chi connectivity index (χ4v) is 9.40. The summed E-state index contributed by atoms with van der Waals surface area (Å²) in [6.45, 7) is 0. The summed E-state index contributed by atoms with van der Waals surface area (Å²) in [5, 5.41) is 7.49. The third kappa shape index (κ3) is 4.73. The highest BCUT2D eigenvalue weighted by Gasteiger charge is 2.27. The van der Waals surface area contributed by atoms with Gasteiger partial charge in [-0.15, -0.1) is 0 Å². The van der Waals surface area contributed by atoms with Gasteiger partial charge in [0, 0.05) is 43.7 Å². The van der Waals surface area contributed by atoms with Crippen molar-refractivity contribution in [1.29, 1.82) is 0 Å². The number of hydrogen-bond acceptors (Lipinski definition) is 1. The molecule has 266 valence electrons. The van der Waals surface area contributed by atoms with Crippen LogP contribution < -0.4 is 4.90 Å². The molecule has 0 N–H and O–H groups in total. The Morgan fingerprint density at radius 2 is 0.737 bits per heavy atom. The highest BCUT2D eigenvalue weighted by molar-refractivity contribution is 6.25. The Bertz CT molecular complexity index is 3390. The highest BCUT2D eigenvalue weighted by atomic mass is 15.2. The molecule has 3 heteroatoms. The maximum absolute atomic E-state index is 2.53. The Kier molecular flexibility index (Phi) is 6.93. The first kappa shape index (κ1) is 31.7. The van der Waals surface area contributed by atoms with E-state index >= 15 is 0 Å². The van der Waals surface area contributed by atoms with Crippen LogP contribution in [0.5, 0.6) is 0 Å². The lowest BCUT2D eigenvalue weighted by Gasteiger charge is -2.29. The Morgan fingerprint density at radius 3 is 1.37 bits per heavy atom. The van der Waals surface area contributed by atoms with Gasteiger partial charge in [-0.05, 0) is 76.9 Å². The summed E-state index contributed by atoms with van der Waals surface area (Å²) in [7, 11) is 0. The molecule has 0 unspecified atom stereocenters. The average Bonchev–Trinajstić information content (AvgIpc) is 3.93. The lowest BCUT2D eigenvalue weighted by atomic mass is 9.97. The normalized spacial score (nSPS) is 11.9. The van der Waals surface area contributed by atoms with E-state index in [4.69, 9.17) is 0 Å². The molecule has 9 aromatic carbocycles. The Hall–Kier alpha value is -7.62. The molecule has 0 saturated heterocycles. The molecule has 0 spiro atoms. The average molecular weight is 726 g/mol. The summed E-state index contributed by atoms with van der Waals surface area (Å²) >= 11 is 0. The number of fused-ring (bicyclic) bond motifs is 9. The van der Waals surface area contributed by atoms with E-state index < -0.39 is 0 Å². The maximum atomic E-state index is 2.53. The summed E-state index contributed by atoms with van der Waals surface area (Å²) in [4.78, 5) is 2.53. The first-order valence-corrected chi connectivity index (χ1v) is 19.6. The van der Waals surface area contributed by atoms with Gasteiger partial charge in [-0.2, -0.15) is 0 Å². The first-order valence-electron chi connectivity index (χ1n) is 19.6. The van der Waals surface area contributed by atoms with Gasteiger partial charge in [-0.3, -0.25) is 0 Å². The summed E-state index contributed by atoms with van der Waals surface area (Å²) in [5.74, 6) is 0. The lowest BCUT2D eigenvalue weighted by molar-refractivity contribution is 1.17. The van der Waals surface area contributed by atoms with Crippen LogP contribution >= 0.6 is 0 Å². The molecule has 57 heavy (non-hydrogen) atoms. The minimum atomic E-state index is 1.09. The van der Waals surface area contributed by atoms with Gasteiger partial charge in [0.2, 0.25) is 0 Å². The van der Waals surface area contributed by atoms with E-state index in [-0.39, 0.29) is 0 Å². The van der Waals surface area contributed by atoms with Crippen LogP contribution in [0.2, 0.25) is 0 Å². The molecular weight excluding hydrogens is 691 g/mol. The van der Waals surface area contributed by atoms with E-state index in [1.54, 1.807) is 0 Å². The van der Waals surface area contributed by atoms with Crippen LogP contribution in [-0.2, 0) is 0 Å². The smallest absolute Gasteiger partial charge is 0.0782 e. The number of para-hydroxylation sites is 6. The van der Waals surface area contributed by atoms with Crippen LogP contribution in [-0.4, -0.2) is 8.97 Å². The van der Waals surface area contributed by atoms with Gasteiger partial charge in [-0.1, -0.05) is 158 Å². The molecule has 12 aromatic rings. The van der Waals surface area contributed by atoms with Gasteiger partial charge in [-0.25, -0.2) is 0 Å². The fourth-order valence-electron chi connectivity index (χ4n) is 9.40. The molecule has 0 bridgehead atoms. The Balaban J connectivity index is 1.27. The SMILES string of the molecule is c1ccc(-c2cc(-c3ccccc3)cc(N(c3cccc4c5ccccc5n(-c5ccccc5)c34)c3cccc4c5cccc6c7ccccc7n(c34)c65)c2)cc1. The monoisotopic (exact) mass is 725 g/mol. The van der Waals surface area contributed by atoms with Crippen molar-refractivity contribution in [3.63, 3.8) is 0 Å². The van der Waals surface area contributed by atoms with E-state index in [9.17, 15) is 0 Å². The van der Waals surface area contributed by atoms with Crippen molar-refractivity contribution < 1.29 is 0 Å². The zero-order valence-electron chi connectivity index (χ0n) is 31.0. The Labute approximate surface area is 329 Å². The van der Waals surface area contributed by atoms with Crippen molar-refractivity contribution in [2.45, 2.75) is 0 Å². The van der Waals surface area contributed by atoms with Crippen molar-refractivity contribution in [3.8, 4) is 27.9 Å². The molecule has 0 atom stereocenters. The third-order valence-corrected chi connectivity index (χ3v) is 11.8. The van der Waals surface area contributed by atoms with Gasteiger partial charge >= 0.3 is 0 Å². The van der Waals surface area contributed by atoms with Crippen molar-refractivity contribution in [2.75, 3.05) is 4.90 Å². The number of benzene rings is 9. The zero-order chi connectivity index (χ0) is 37.5. The quantitative estimate of drug-likeness (QED) is 0.166. The minimum absolute atomic E-state index is 1.09. The van der Waals surface area contributed by atoms with Crippen molar-refractivity contribution in [3.05, 3.63) is 212 Å². The molecule has 0 aliphatic rings. The minimum Gasteiger partial charge on any atom is -0.307 e. The number of aromatic nitrogens is 2. The van der Waals surface area contributed by atoms with E-state index in [1.165, 1.54) is 65.5 Å². The lowest BCUT2D eigenvalue weighted by Crippen LogP contribution is -2.13. The van der Waals surface area contributed by atoms with E-state index in [0.717, 1.165) is 39.4 Å². The predicted molar refractivity (Wildman–Crippen MR) is 241 cm³/mol. The molecular formula is C54H35N3. The number of nitrogens with zero attached hydrogens (tertiary/aromatic N) is 3. The molecule has 0 saturated carbocycles. The van der Waals surface area contributed by atoms with Gasteiger partial charge in [0.25, 0.3) is 0 Å². The van der Waals surface area contributed by atoms with Crippen molar-refractivity contribution >= 4 is 77.0 Å². The molecule has 3 nitrogen and oxygen atoms in total. The largest absolute Gasteiger partial charge is 0.307 e. The number of anilines is 3. The molecule has 3 heterocycles. The molecule has 0 aliphatic heterocycles. The van der Waals surface area contributed by atoms with Gasteiger partial charge in [0.05, 0.1) is 39.0 Å². The van der Waals surface area contributed by atoms with Gasteiger partial charge in [0.1, 0.15) is 0 Å². The van der Waals surface area contributed by atoms with Crippen molar-refractivity contribution in [1.82, 2.24) is 8.97 Å². The summed E-state index contributed by atoms with van der Waals surface area (Å²) < 4.78 is 4.97. The second kappa shape index (κ2) is 12.5. The van der Waals surface area contributed by atoms with Gasteiger partial charge in [0.15, 0.2) is 0 Å². The van der Waals surface area contributed by atoms with E-state index in [2.05, 4.69) is 226 Å². The standard InChI is InChI=1S/C54H35N3/c1-4-17-36(18-5-1)38-33-39(37-19-6-2-7-20-37)35-41(34-38)55(50-31-15-27-45-43-24-10-12-29-48(43)56(53(45)50)40-21-8-3-9-22-40)51-32-16-28-47-46-26-14-25-44-42-23-11-13-30-49(42)57(52(44)46)54(47)51/h1-35H. The zero-order valence-corrected chi connectivity index (χ0v) is 31.0. The van der Waals surface area contributed by atoms with Crippen LogP contribution in [0.3, 0.4) is 0 Å². The second-order valence-corrected chi connectivity index (χ2v) is 14.9. The molecule has 0 radical (unpaired) electrons. The van der Waals surface area contributed by atoms with Crippen LogP contribution in [0, 0.1) is 0 Å². The first-order chi connectivity index (χ1) is 28.3. The highest BCUT2D eigenvalue weighted by Crippen LogP contribution is 2.49. The summed E-state index contributed by atoms with van der Waals surface area (Å²) in [5.41, 5.74) is 15.1. The van der Waals surface area contributed by atoms with Gasteiger partial charge < -0.3 is 13.9 Å². The maximum Gasteiger partial charge on any atom is 0.0782 e. The summed E-state index contributed by atoms with van der Waals surface area (Å²) in [6.07, 6.45) is 0. The molecule has 12 rings (SSSR count). The van der Waals surface area contributed by atoms with E-state index in [0.29, 0.717) is 0 Å². The number of hydrogen-bond donors (Lipinski definition) is 0. The topological polar surface area (TPSA) is 12.6 Å². The van der Waals surface area contributed by atoms with Crippen LogP contribution in [0.4, 0.5) is 17.1 Å². The number of rotatable bonds is 6. The predicted octanol–water partition coefficient (Wildman–Crippen LogP) is 14.7. The third-order valence-electron chi connectivity index (χ3n) is 11.8. The fraction of sp³-hybridized carbons (Fsp3) is 0. The van der Waals surface area contributed by atoms with Crippen LogP contribution in [0.25, 0.3) is 87.8 Å². The summed E-state index contributed by atoms with van der Waals surface area (Å²) in [6, 6.07) is 77.5. The molecule has 3 aromatic heterocycles. The van der Waals surface area contributed by atoms with Crippen LogP contribution in [0.1, 0.15) is 0 Å². The molecule has 0 amide bonds. The molecule has 0 fully saturated rings. The van der Waals surface area contributed by atoms with Crippen LogP contribution in [0.15, 0.2) is 212 Å².